The van der Waals surface area contributed by atoms with Crippen LogP contribution >= 0.6 is 0 Å². The molecular formula is C18H16F3N3O. The van der Waals surface area contributed by atoms with Crippen LogP contribution in [0.2, 0.25) is 0 Å². The Bertz CT molecular complexity index is 902. The number of benzene rings is 1. The van der Waals surface area contributed by atoms with Gasteiger partial charge in [-0.15, -0.1) is 0 Å². The van der Waals surface area contributed by atoms with E-state index in [2.05, 4.69) is 9.97 Å². The molecule has 0 radical (unpaired) electrons. The van der Waals surface area contributed by atoms with Gasteiger partial charge in [0.25, 0.3) is 0 Å². The van der Waals surface area contributed by atoms with Gasteiger partial charge in [-0.2, -0.15) is 13.2 Å². The molecule has 0 saturated carbocycles. The Morgan fingerprint density at radius 1 is 1.24 bits per heavy atom. The van der Waals surface area contributed by atoms with Crippen LogP contribution in [0.15, 0.2) is 48.8 Å². The van der Waals surface area contributed by atoms with Gasteiger partial charge < -0.3 is 9.88 Å². The number of likely N-dealkylation sites (N-methyl/N-ethyl adjacent to an activating group) is 1. The highest BCUT2D eigenvalue weighted by Gasteiger charge is 2.30. The maximum Gasteiger partial charge on any atom is 0.416 e. The lowest BCUT2D eigenvalue weighted by molar-refractivity contribution is -0.137. The van der Waals surface area contributed by atoms with Crippen molar-refractivity contribution in [3.8, 4) is 0 Å². The molecule has 0 saturated heterocycles. The normalized spacial score (nSPS) is 11.7. The molecule has 0 bridgehead atoms. The molecule has 0 aliphatic heterocycles. The van der Waals surface area contributed by atoms with E-state index in [1.54, 1.807) is 31.6 Å². The number of aromatic nitrogens is 2. The Hall–Kier alpha value is -2.83. The third-order valence-electron chi connectivity index (χ3n) is 3.98. The number of nitrogens with one attached hydrogen (secondary N) is 1. The molecule has 0 fully saturated rings. The molecule has 7 heteroatoms. The maximum absolute atomic E-state index is 12.8. The molecule has 25 heavy (non-hydrogen) atoms. The van der Waals surface area contributed by atoms with E-state index in [0.29, 0.717) is 11.2 Å². The van der Waals surface area contributed by atoms with Gasteiger partial charge in [-0.25, -0.2) is 4.98 Å². The van der Waals surface area contributed by atoms with Gasteiger partial charge in [0.15, 0.2) is 0 Å². The molecule has 2 aromatic heterocycles. The van der Waals surface area contributed by atoms with Crippen LogP contribution in [0, 0.1) is 0 Å². The molecular weight excluding hydrogens is 331 g/mol. The van der Waals surface area contributed by atoms with Crippen molar-refractivity contribution in [1.29, 1.82) is 0 Å². The number of rotatable bonds is 4. The highest BCUT2D eigenvalue weighted by Crippen LogP contribution is 2.29. The van der Waals surface area contributed by atoms with Gasteiger partial charge in [-0.05, 0) is 35.4 Å². The topological polar surface area (TPSA) is 49.0 Å². The third kappa shape index (κ3) is 3.81. The number of carbonyl (C=O) groups is 1. The number of hydrogen-bond donors (Lipinski definition) is 1. The predicted molar refractivity (Wildman–Crippen MR) is 87.7 cm³/mol. The fourth-order valence-electron chi connectivity index (χ4n) is 2.66. The summed E-state index contributed by atoms with van der Waals surface area (Å²) in [4.78, 5) is 21.0. The molecule has 3 rings (SSSR count). The van der Waals surface area contributed by atoms with E-state index in [1.807, 2.05) is 6.07 Å². The maximum atomic E-state index is 12.8. The second-order valence-electron chi connectivity index (χ2n) is 5.84. The van der Waals surface area contributed by atoms with Crippen molar-refractivity contribution in [2.45, 2.75) is 19.1 Å². The summed E-state index contributed by atoms with van der Waals surface area (Å²) in [7, 11) is 1.58. The molecule has 0 aliphatic rings. The lowest BCUT2D eigenvalue weighted by Crippen LogP contribution is -2.27. The Balaban J connectivity index is 1.71. The summed E-state index contributed by atoms with van der Waals surface area (Å²) in [5, 5.41) is 0.864. The lowest BCUT2D eigenvalue weighted by Gasteiger charge is -2.18. The first-order valence-electron chi connectivity index (χ1n) is 7.65. The van der Waals surface area contributed by atoms with Crippen LogP contribution in [0.25, 0.3) is 11.0 Å². The van der Waals surface area contributed by atoms with Crippen LogP contribution in [0.3, 0.4) is 0 Å². The van der Waals surface area contributed by atoms with E-state index in [1.165, 1.54) is 11.0 Å². The highest BCUT2D eigenvalue weighted by molar-refractivity contribution is 5.87. The number of aromatic amines is 1. The molecule has 0 atom stereocenters. The second-order valence-corrected chi connectivity index (χ2v) is 5.84. The first-order valence-corrected chi connectivity index (χ1v) is 7.65. The number of H-pyrrole nitrogens is 1. The van der Waals surface area contributed by atoms with Crippen molar-refractivity contribution < 1.29 is 18.0 Å². The average molecular weight is 347 g/mol. The van der Waals surface area contributed by atoms with Crippen LogP contribution in [-0.4, -0.2) is 27.8 Å². The summed E-state index contributed by atoms with van der Waals surface area (Å²) in [6, 6.07) is 8.67. The smallest absolute Gasteiger partial charge is 0.346 e. The van der Waals surface area contributed by atoms with Crippen LogP contribution in [0.5, 0.6) is 0 Å². The largest absolute Gasteiger partial charge is 0.416 e. The number of halogens is 3. The van der Waals surface area contributed by atoms with Gasteiger partial charge in [-0.1, -0.05) is 12.1 Å². The van der Waals surface area contributed by atoms with E-state index in [9.17, 15) is 18.0 Å². The van der Waals surface area contributed by atoms with Gasteiger partial charge >= 0.3 is 6.18 Å². The lowest BCUT2D eigenvalue weighted by atomic mass is 10.1. The van der Waals surface area contributed by atoms with E-state index in [-0.39, 0.29) is 18.9 Å². The van der Waals surface area contributed by atoms with E-state index in [0.717, 1.165) is 23.1 Å². The first kappa shape index (κ1) is 17.0. The predicted octanol–water partition coefficient (Wildman–Crippen LogP) is 3.78. The number of fused-ring (bicyclic) bond motifs is 1. The van der Waals surface area contributed by atoms with Crippen LogP contribution in [-0.2, 0) is 23.9 Å². The Labute approximate surface area is 142 Å². The standard InChI is InChI=1S/C18H16F3N3O/c1-24(11-12-4-2-5-14(8-12)18(19,20)21)16(25)9-13-10-23-17-15(13)6-3-7-22-17/h2-8,10H,9,11H2,1H3,(H,22,23). The highest BCUT2D eigenvalue weighted by atomic mass is 19.4. The van der Waals surface area contributed by atoms with Crippen molar-refractivity contribution in [1.82, 2.24) is 14.9 Å². The summed E-state index contributed by atoms with van der Waals surface area (Å²) in [5.41, 5.74) is 1.23. The summed E-state index contributed by atoms with van der Waals surface area (Å²) >= 11 is 0. The fraction of sp³-hybridized carbons (Fsp3) is 0.222. The van der Waals surface area contributed by atoms with Gasteiger partial charge in [0.05, 0.1) is 12.0 Å². The molecule has 4 nitrogen and oxygen atoms in total. The molecule has 0 aliphatic carbocycles. The first-order chi connectivity index (χ1) is 11.8. The second kappa shape index (κ2) is 6.58. The minimum atomic E-state index is -4.39. The zero-order valence-electron chi connectivity index (χ0n) is 13.5. The molecule has 0 spiro atoms. The van der Waals surface area contributed by atoms with Crippen molar-refractivity contribution in [2.75, 3.05) is 7.05 Å². The Kier molecular flexibility index (Phi) is 4.48. The molecule has 130 valence electrons. The molecule has 1 aromatic carbocycles. The fourth-order valence-corrected chi connectivity index (χ4v) is 2.66. The molecule has 1 N–H and O–H groups in total. The number of amides is 1. The number of hydrogen-bond acceptors (Lipinski definition) is 2. The number of carbonyl (C=O) groups excluding carboxylic acids is 1. The summed E-state index contributed by atoms with van der Waals surface area (Å²) in [5.74, 6) is -0.179. The van der Waals surface area contributed by atoms with Crippen molar-refractivity contribution >= 4 is 16.9 Å². The minimum absolute atomic E-state index is 0.114. The minimum Gasteiger partial charge on any atom is -0.346 e. The van der Waals surface area contributed by atoms with Gasteiger partial charge in [0.2, 0.25) is 5.91 Å². The molecule has 3 aromatic rings. The summed E-state index contributed by atoms with van der Waals surface area (Å²) in [6.45, 7) is 0.114. The van der Waals surface area contributed by atoms with Crippen LogP contribution in [0.4, 0.5) is 13.2 Å². The van der Waals surface area contributed by atoms with Crippen LogP contribution < -0.4 is 0 Å². The quantitative estimate of drug-likeness (QED) is 0.781. The van der Waals surface area contributed by atoms with E-state index in [4.69, 9.17) is 0 Å². The molecule has 1 amide bonds. The summed E-state index contributed by atoms with van der Waals surface area (Å²) in [6.07, 6.45) is -0.853. The third-order valence-corrected chi connectivity index (χ3v) is 3.98. The molecule has 0 unspecified atom stereocenters. The SMILES string of the molecule is CN(Cc1cccc(C(F)(F)F)c1)C(=O)Cc1c[nH]c2ncccc12. The average Bonchev–Trinajstić information content (AvgIpc) is 2.97. The zero-order chi connectivity index (χ0) is 18.0. The van der Waals surface area contributed by atoms with Crippen molar-refractivity contribution in [3.63, 3.8) is 0 Å². The number of nitrogens with zero attached hydrogens (tertiary/aromatic N) is 2. The van der Waals surface area contributed by atoms with Crippen molar-refractivity contribution in [3.05, 3.63) is 65.5 Å². The summed E-state index contributed by atoms with van der Waals surface area (Å²) < 4.78 is 38.3. The van der Waals surface area contributed by atoms with E-state index < -0.39 is 11.7 Å². The number of pyridine rings is 1. The van der Waals surface area contributed by atoms with Gasteiger partial charge in [-0.3, -0.25) is 4.79 Å². The van der Waals surface area contributed by atoms with Gasteiger partial charge in [0, 0.05) is 31.4 Å². The monoisotopic (exact) mass is 347 g/mol. The number of alkyl halides is 3. The Morgan fingerprint density at radius 3 is 2.80 bits per heavy atom. The van der Waals surface area contributed by atoms with Crippen molar-refractivity contribution in [2.24, 2.45) is 0 Å². The van der Waals surface area contributed by atoms with Crippen LogP contribution in [0.1, 0.15) is 16.7 Å². The van der Waals surface area contributed by atoms with E-state index >= 15 is 0 Å². The zero-order valence-corrected chi connectivity index (χ0v) is 13.5. The Morgan fingerprint density at radius 2 is 2.04 bits per heavy atom. The van der Waals surface area contributed by atoms with Gasteiger partial charge in [0.1, 0.15) is 5.65 Å². The molecule has 2 heterocycles.